The molecule has 1 fully saturated rings. The molecule has 2 N–H and O–H groups in total. The van der Waals surface area contributed by atoms with E-state index in [9.17, 15) is 0 Å². The summed E-state index contributed by atoms with van der Waals surface area (Å²) in [5, 5.41) is 5.86. The Balaban J connectivity index is 1.92. The Morgan fingerprint density at radius 2 is 2.05 bits per heavy atom. The molecule has 1 aliphatic carbocycles. The van der Waals surface area contributed by atoms with Gasteiger partial charge < -0.3 is 5.73 Å². The van der Waals surface area contributed by atoms with Gasteiger partial charge >= 0.3 is 0 Å². The average molecular weight is 285 g/mol. The SMILES string of the molecule is CCC(C)(C)C1CCC(N)C(n2ncc3ccccc32)C1. The van der Waals surface area contributed by atoms with Crippen molar-refractivity contribution in [2.75, 3.05) is 0 Å². The molecule has 1 heterocycles. The van der Waals surface area contributed by atoms with Gasteiger partial charge in [0.05, 0.1) is 17.8 Å². The van der Waals surface area contributed by atoms with Gasteiger partial charge in [0.25, 0.3) is 0 Å². The highest BCUT2D eigenvalue weighted by Gasteiger charge is 2.37. The Labute approximate surface area is 127 Å². The fourth-order valence-corrected chi connectivity index (χ4v) is 3.71. The lowest BCUT2D eigenvalue weighted by Gasteiger charge is -2.42. The minimum atomic E-state index is 0.220. The van der Waals surface area contributed by atoms with Crippen LogP contribution in [0.2, 0.25) is 0 Å². The first kappa shape index (κ1) is 14.6. The van der Waals surface area contributed by atoms with E-state index in [0.717, 1.165) is 18.8 Å². The molecule has 1 aromatic heterocycles. The Kier molecular flexibility index (Phi) is 3.78. The lowest BCUT2D eigenvalue weighted by Crippen LogP contribution is -2.41. The average Bonchev–Trinajstić information content (AvgIpc) is 2.91. The highest BCUT2D eigenvalue weighted by Crippen LogP contribution is 2.44. The minimum Gasteiger partial charge on any atom is -0.326 e. The fraction of sp³-hybridized carbons (Fsp3) is 0.611. The Bertz CT molecular complexity index is 614. The summed E-state index contributed by atoms with van der Waals surface area (Å²) < 4.78 is 2.18. The third-order valence-electron chi connectivity index (χ3n) is 5.70. The number of aromatic nitrogens is 2. The van der Waals surface area contributed by atoms with E-state index < -0.39 is 0 Å². The number of nitrogens with two attached hydrogens (primary N) is 1. The van der Waals surface area contributed by atoms with Gasteiger partial charge in [0.2, 0.25) is 0 Å². The van der Waals surface area contributed by atoms with Crippen LogP contribution in [0.1, 0.15) is 52.5 Å². The second kappa shape index (κ2) is 5.45. The normalized spacial score (nSPS) is 27.1. The molecule has 1 aliphatic rings. The van der Waals surface area contributed by atoms with Crippen LogP contribution in [0.4, 0.5) is 0 Å². The molecule has 3 rings (SSSR count). The number of fused-ring (bicyclic) bond motifs is 1. The quantitative estimate of drug-likeness (QED) is 0.921. The van der Waals surface area contributed by atoms with E-state index in [1.807, 2.05) is 6.20 Å². The van der Waals surface area contributed by atoms with Gasteiger partial charge in [-0.3, -0.25) is 4.68 Å². The zero-order valence-electron chi connectivity index (χ0n) is 13.4. The van der Waals surface area contributed by atoms with Crippen molar-refractivity contribution < 1.29 is 0 Å². The zero-order valence-corrected chi connectivity index (χ0v) is 13.4. The van der Waals surface area contributed by atoms with Gasteiger partial charge in [0.15, 0.2) is 0 Å². The number of hydrogen-bond acceptors (Lipinski definition) is 2. The van der Waals surface area contributed by atoms with Crippen LogP contribution in [0.25, 0.3) is 10.9 Å². The predicted molar refractivity (Wildman–Crippen MR) is 88.2 cm³/mol. The van der Waals surface area contributed by atoms with E-state index in [0.29, 0.717) is 11.5 Å². The van der Waals surface area contributed by atoms with Crippen LogP contribution in [0.5, 0.6) is 0 Å². The molecule has 0 aliphatic heterocycles. The molecule has 0 bridgehead atoms. The Morgan fingerprint density at radius 1 is 1.29 bits per heavy atom. The minimum absolute atomic E-state index is 0.220. The molecule has 3 unspecified atom stereocenters. The van der Waals surface area contributed by atoms with E-state index in [-0.39, 0.29) is 6.04 Å². The summed E-state index contributed by atoms with van der Waals surface area (Å²) in [6.07, 6.45) is 6.69. The van der Waals surface area contributed by atoms with Crippen molar-refractivity contribution >= 4 is 10.9 Å². The van der Waals surface area contributed by atoms with Crippen molar-refractivity contribution in [1.82, 2.24) is 9.78 Å². The highest BCUT2D eigenvalue weighted by atomic mass is 15.3. The first-order valence-corrected chi connectivity index (χ1v) is 8.21. The number of nitrogens with zero attached hydrogens (tertiary/aromatic N) is 2. The molecule has 0 amide bonds. The number of para-hydroxylation sites is 1. The van der Waals surface area contributed by atoms with Gasteiger partial charge in [0, 0.05) is 11.4 Å². The Hall–Kier alpha value is -1.35. The summed E-state index contributed by atoms with van der Waals surface area (Å²) in [6.45, 7) is 7.09. The van der Waals surface area contributed by atoms with Crippen molar-refractivity contribution in [2.45, 2.75) is 58.5 Å². The summed E-state index contributed by atoms with van der Waals surface area (Å²) in [4.78, 5) is 0. The molecule has 1 saturated carbocycles. The van der Waals surface area contributed by atoms with E-state index in [2.05, 4.69) is 54.8 Å². The van der Waals surface area contributed by atoms with E-state index >= 15 is 0 Å². The van der Waals surface area contributed by atoms with Crippen LogP contribution in [-0.4, -0.2) is 15.8 Å². The van der Waals surface area contributed by atoms with Crippen molar-refractivity contribution in [1.29, 1.82) is 0 Å². The van der Waals surface area contributed by atoms with Crippen molar-refractivity contribution in [3.63, 3.8) is 0 Å². The summed E-state index contributed by atoms with van der Waals surface area (Å²) in [6, 6.07) is 8.98. The van der Waals surface area contributed by atoms with Crippen LogP contribution >= 0.6 is 0 Å². The molecular weight excluding hydrogens is 258 g/mol. The molecular formula is C18H27N3. The highest BCUT2D eigenvalue weighted by molar-refractivity contribution is 5.78. The largest absolute Gasteiger partial charge is 0.326 e. The predicted octanol–water partition coefficient (Wildman–Crippen LogP) is 4.14. The van der Waals surface area contributed by atoms with Gasteiger partial charge in [-0.2, -0.15) is 5.10 Å². The molecule has 2 aromatic rings. The van der Waals surface area contributed by atoms with Crippen molar-refractivity contribution in [3.8, 4) is 0 Å². The van der Waals surface area contributed by atoms with Crippen molar-refractivity contribution in [3.05, 3.63) is 30.5 Å². The molecule has 21 heavy (non-hydrogen) atoms. The van der Waals surface area contributed by atoms with Gasteiger partial charge in [-0.05, 0) is 36.7 Å². The third-order valence-corrected chi connectivity index (χ3v) is 5.70. The van der Waals surface area contributed by atoms with E-state index in [1.165, 1.54) is 23.7 Å². The molecule has 0 saturated heterocycles. The summed E-state index contributed by atoms with van der Waals surface area (Å²) in [5.74, 6) is 0.732. The lowest BCUT2D eigenvalue weighted by molar-refractivity contribution is 0.108. The van der Waals surface area contributed by atoms with Gasteiger partial charge in [-0.1, -0.05) is 45.4 Å². The van der Waals surface area contributed by atoms with Gasteiger partial charge in [0.1, 0.15) is 0 Å². The number of rotatable bonds is 3. The molecule has 0 radical (unpaired) electrons. The standard InChI is InChI=1S/C18H27N3/c1-4-18(2,3)14-9-10-15(19)17(11-14)21-16-8-6-5-7-13(16)12-20-21/h5-8,12,14-15,17H,4,9-11,19H2,1-3H3. The smallest absolute Gasteiger partial charge is 0.0686 e. The maximum absolute atomic E-state index is 6.45. The Morgan fingerprint density at radius 3 is 2.81 bits per heavy atom. The lowest BCUT2D eigenvalue weighted by atomic mass is 9.67. The van der Waals surface area contributed by atoms with Crippen LogP contribution in [0, 0.1) is 11.3 Å². The summed E-state index contributed by atoms with van der Waals surface area (Å²) in [5.41, 5.74) is 8.05. The fourth-order valence-electron chi connectivity index (χ4n) is 3.71. The molecule has 3 nitrogen and oxygen atoms in total. The monoisotopic (exact) mass is 285 g/mol. The molecule has 0 spiro atoms. The zero-order chi connectivity index (χ0) is 15.0. The van der Waals surface area contributed by atoms with Crippen molar-refractivity contribution in [2.24, 2.45) is 17.1 Å². The first-order chi connectivity index (χ1) is 10.0. The molecule has 3 heteroatoms. The van der Waals surface area contributed by atoms with Crippen LogP contribution < -0.4 is 5.73 Å². The maximum atomic E-state index is 6.45. The number of hydrogen-bond donors (Lipinski definition) is 1. The topological polar surface area (TPSA) is 43.8 Å². The summed E-state index contributed by atoms with van der Waals surface area (Å²) in [7, 11) is 0. The van der Waals surface area contributed by atoms with Gasteiger partial charge in [-0.15, -0.1) is 0 Å². The summed E-state index contributed by atoms with van der Waals surface area (Å²) >= 11 is 0. The third kappa shape index (κ3) is 2.59. The van der Waals surface area contributed by atoms with Crippen LogP contribution in [0.15, 0.2) is 30.5 Å². The molecule has 114 valence electrons. The van der Waals surface area contributed by atoms with E-state index in [4.69, 9.17) is 5.73 Å². The second-order valence-corrected chi connectivity index (χ2v) is 7.23. The van der Waals surface area contributed by atoms with Gasteiger partial charge in [-0.25, -0.2) is 0 Å². The maximum Gasteiger partial charge on any atom is 0.0686 e. The molecule has 3 atom stereocenters. The van der Waals surface area contributed by atoms with E-state index in [1.54, 1.807) is 0 Å². The van der Waals surface area contributed by atoms with Crippen LogP contribution in [0.3, 0.4) is 0 Å². The van der Waals surface area contributed by atoms with Crippen LogP contribution in [-0.2, 0) is 0 Å². The first-order valence-electron chi connectivity index (χ1n) is 8.21. The molecule has 1 aromatic carbocycles. The second-order valence-electron chi connectivity index (χ2n) is 7.23. The number of benzene rings is 1.